The van der Waals surface area contributed by atoms with Gasteiger partial charge in [0.25, 0.3) is 0 Å². The molecule has 0 N–H and O–H groups in total. The first-order chi connectivity index (χ1) is 5.50. The second-order valence-corrected chi connectivity index (χ2v) is 2.61. The lowest BCUT2D eigenvalue weighted by atomic mass is 10.0. The largest absolute Gasteiger partial charge is 0.215 e. The molecular weight excluding hydrogens is 165 g/mol. The summed E-state index contributed by atoms with van der Waals surface area (Å²) in [4.78, 5) is 0. The summed E-state index contributed by atoms with van der Waals surface area (Å²) >= 11 is 0. The van der Waals surface area contributed by atoms with Crippen molar-refractivity contribution in [2.45, 2.75) is 13.8 Å². The number of hydrogen-bond acceptors (Lipinski definition) is 0. The van der Waals surface area contributed by atoms with E-state index in [9.17, 15) is 13.2 Å². The summed E-state index contributed by atoms with van der Waals surface area (Å²) in [6, 6.07) is 0. The Morgan fingerprint density at radius 3 is 2.08 bits per heavy atom. The van der Waals surface area contributed by atoms with Crippen LogP contribution in [0, 0.1) is 5.92 Å². The van der Waals surface area contributed by atoms with E-state index in [1.165, 1.54) is 0 Å². The maximum absolute atomic E-state index is 12.8. The molecule has 0 radical (unpaired) electrons. The van der Waals surface area contributed by atoms with Crippen molar-refractivity contribution < 1.29 is 13.2 Å². The van der Waals surface area contributed by atoms with E-state index in [4.69, 9.17) is 0 Å². The molecule has 0 saturated heterocycles. The predicted octanol–water partition coefficient (Wildman–Crippen LogP) is 3.83. The summed E-state index contributed by atoms with van der Waals surface area (Å²) in [5.41, 5.74) is -0.191. The fraction of sp³-hybridized carbons (Fsp3) is 0.333. The third-order valence-electron chi connectivity index (χ3n) is 1.34. The second-order valence-electron chi connectivity index (χ2n) is 2.61. The molecule has 0 heterocycles. The lowest BCUT2D eigenvalue weighted by Crippen LogP contribution is -1.96. The van der Waals surface area contributed by atoms with Crippen LogP contribution < -0.4 is 0 Å². The van der Waals surface area contributed by atoms with Gasteiger partial charge in [-0.05, 0) is 5.92 Å². The van der Waals surface area contributed by atoms with Crippen molar-refractivity contribution in [3.05, 3.63) is 36.2 Å². The van der Waals surface area contributed by atoms with Crippen LogP contribution in [0.2, 0.25) is 0 Å². The summed E-state index contributed by atoms with van der Waals surface area (Å²) in [5, 5.41) is 0. The van der Waals surface area contributed by atoms with Gasteiger partial charge in [0.05, 0.1) is 6.33 Å². The van der Waals surface area contributed by atoms with Gasteiger partial charge in [-0.3, -0.25) is 0 Å². The molecule has 0 atom stereocenters. The molecule has 12 heavy (non-hydrogen) atoms. The zero-order valence-corrected chi connectivity index (χ0v) is 7.07. The van der Waals surface area contributed by atoms with E-state index < -0.39 is 11.7 Å². The molecule has 3 heteroatoms. The summed E-state index contributed by atoms with van der Waals surface area (Å²) in [6.07, 6.45) is 0.598. The maximum Gasteiger partial charge on any atom is 0.131 e. The normalized spacial score (nSPS) is 13.8. The highest BCUT2D eigenvalue weighted by atomic mass is 19.1. The highest BCUT2D eigenvalue weighted by Gasteiger charge is 2.12. The van der Waals surface area contributed by atoms with Crippen molar-refractivity contribution in [3.63, 3.8) is 0 Å². The van der Waals surface area contributed by atoms with Crippen LogP contribution in [-0.2, 0) is 0 Å². The van der Waals surface area contributed by atoms with Gasteiger partial charge >= 0.3 is 0 Å². The second kappa shape index (κ2) is 4.80. The predicted molar refractivity (Wildman–Crippen MR) is 43.5 cm³/mol. The SMILES string of the molecule is C=C(F)/C(=C(F)\C=C\F)C(C)C. The van der Waals surface area contributed by atoms with Crippen LogP contribution in [0.3, 0.4) is 0 Å². The van der Waals surface area contributed by atoms with E-state index >= 15 is 0 Å². The summed E-state index contributed by atoms with van der Waals surface area (Å²) in [7, 11) is 0. The minimum Gasteiger partial charge on any atom is -0.215 e. The van der Waals surface area contributed by atoms with Crippen LogP contribution in [0.15, 0.2) is 36.2 Å². The van der Waals surface area contributed by atoms with Crippen molar-refractivity contribution in [1.82, 2.24) is 0 Å². The molecule has 0 nitrogen and oxygen atoms in total. The molecule has 0 rings (SSSR count). The summed E-state index contributed by atoms with van der Waals surface area (Å²) in [6.45, 7) is 6.17. The maximum atomic E-state index is 12.8. The Morgan fingerprint density at radius 1 is 1.33 bits per heavy atom. The lowest BCUT2D eigenvalue weighted by molar-refractivity contribution is 0.565. The van der Waals surface area contributed by atoms with Crippen molar-refractivity contribution in [3.8, 4) is 0 Å². The van der Waals surface area contributed by atoms with Gasteiger partial charge in [-0.15, -0.1) is 0 Å². The van der Waals surface area contributed by atoms with Crippen molar-refractivity contribution in [1.29, 1.82) is 0 Å². The van der Waals surface area contributed by atoms with Gasteiger partial charge in [0, 0.05) is 11.6 Å². The Kier molecular flexibility index (Phi) is 4.40. The third kappa shape index (κ3) is 2.95. The molecule has 0 amide bonds. The average molecular weight is 176 g/mol. The van der Waals surface area contributed by atoms with Crippen LogP contribution in [0.5, 0.6) is 0 Å². The number of halogens is 3. The lowest BCUT2D eigenvalue weighted by Gasteiger charge is -2.07. The van der Waals surface area contributed by atoms with Crippen LogP contribution in [0.1, 0.15) is 13.8 Å². The first-order valence-electron chi connectivity index (χ1n) is 3.52. The molecule has 0 spiro atoms. The van der Waals surface area contributed by atoms with Gasteiger partial charge in [0.2, 0.25) is 0 Å². The number of hydrogen-bond donors (Lipinski definition) is 0. The molecule has 0 saturated carbocycles. The van der Waals surface area contributed by atoms with Crippen molar-refractivity contribution >= 4 is 0 Å². The highest BCUT2D eigenvalue weighted by molar-refractivity contribution is 5.32. The van der Waals surface area contributed by atoms with Crippen LogP contribution >= 0.6 is 0 Å². The van der Waals surface area contributed by atoms with E-state index in [1.54, 1.807) is 13.8 Å². The van der Waals surface area contributed by atoms with Gasteiger partial charge in [0.1, 0.15) is 11.7 Å². The standard InChI is InChI=1S/C9H11F3/c1-6(2)9(7(3)11)8(12)4-5-10/h4-6H,3H2,1-2H3/b5-4+,9-8+. The Hall–Kier alpha value is -0.990. The smallest absolute Gasteiger partial charge is 0.131 e. The topological polar surface area (TPSA) is 0 Å². The molecule has 0 fully saturated rings. The molecule has 0 unspecified atom stereocenters. The van der Waals surface area contributed by atoms with Crippen molar-refractivity contribution in [2.75, 3.05) is 0 Å². The quantitative estimate of drug-likeness (QED) is 0.573. The van der Waals surface area contributed by atoms with Crippen LogP contribution in [-0.4, -0.2) is 0 Å². The van der Waals surface area contributed by atoms with Gasteiger partial charge < -0.3 is 0 Å². The molecule has 68 valence electrons. The van der Waals surface area contributed by atoms with Crippen LogP contribution in [0.4, 0.5) is 13.2 Å². The fourth-order valence-electron chi connectivity index (χ4n) is 0.864. The van der Waals surface area contributed by atoms with E-state index in [1.807, 2.05) is 0 Å². The fourth-order valence-corrected chi connectivity index (χ4v) is 0.864. The van der Waals surface area contributed by atoms with Gasteiger partial charge in [-0.25, -0.2) is 13.2 Å². The van der Waals surface area contributed by atoms with E-state index in [0.717, 1.165) is 0 Å². The zero-order valence-electron chi connectivity index (χ0n) is 7.07. The third-order valence-corrected chi connectivity index (χ3v) is 1.34. The van der Waals surface area contributed by atoms with Gasteiger partial charge in [-0.2, -0.15) is 0 Å². The molecule has 0 aromatic rings. The molecule has 0 aliphatic heterocycles. The van der Waals surface area contributed by atoms with E-state index in [-0.39, 0.29) is 17.8 Å². The number of allylic oxidation sites excluding steroid dienone is 4. The Balaban J connectivity index is 4.93. The molecule has 0 aliphatic carbocycles. The van der Waals surface area contributed by atoms with E-state index in [0.29, 0.717) is 6.08 Å². The Labute approximate surface area is 70.1 Å². The first kappa shape index (κ1) is 11.0. The first-order valence-corrected chi connectivity index (χ1v) is 3.52. The monoisotopic (exact) mass is 176 g/mol. The Bertz CT molecular complexity index is 224. The highest BCUT2D eigenvalue weighted by Crippen LogP contribution is 2.24. The zero-order chi connectivity index (χ0) is 9.72. The minimum absolute atomic E-state index is 0.0284. The minimum atomic E-state index is -0.917. The summed E-state index contributed by atoms with van der Waals surface area (Å²) in [5.74, 6) is -2.13. The summed E-state index contributed by atoms with van der Waals surface area (Å²) < 4.78 is 36.9. The van der Waals surface area contributed by atoms with Crippen molar-refractivity contribution in [2.24, 2.45) is 5.92 Å². The molecule has 0 bridgehead atoms. The number of rotatable bonds is 3. The molecular formula is C9H11F3. The molecule has 0 aromatic heterocycles. The molecule has 0 aromatic carbocycles. The molecule has 0 aliphatic rings. The van der Waals surface area contributed by atoms with Crippen LogP contribution in [0.25, 0.3) is 0 Å². The van der Waals surface area contributed by atoms with Gasteiger partial charge in [0.15, 0.2) is 0 Å². The average Bonchev–Trinajstić information content (AvgIpc) is 1.85. The van der Waals surface area contributed by atoms with E-state index in [2.05, 4.69) is 6.58 Å². The Morgan fingerprint density at radius 2 is 1.83 bits per heavy atom. The van der Waals surface area contributed by atoms with Gasteiger partial charge in [-0.1, -0.05) is 20.4 Å².